The number of nitrogens with zero attached hydrogens (tertiary/aromatic N) is 1. The monoisotopic (exact) mass is 358 g/mol. The molecular formula is C14H19BrN2O4. The Morgan fingerprint density at radius 3 is 2.67 bits per heavy atom. The molecule has 1 atom stereocenters. The van der Waals surface area contributed by atoms with Crippen LogP contribution in [0.1, 0.15) is 12.8 Å². The SMILES string of the molecule is COc1cc(Br)c(NC(=O)N2CCCC(O)C2)cc1OC. The molecule has 0 bridgehead atoms. The van der Waals surface area contributed by atoms with E-state index in [0.717, 1.165) is 12.8 Å². The maximum atomic E-state index is 12.2. The highest BCUT2D eigenvalue weighted by molar-refractivity contribution is 9.10. The number of β-amino-alcohol motifs (C(OH)–C–C–N with tert-alkyl or cyclic N) is 1. The summed E-state index contributed by atoms with van der Waals surface area (Å²) in [5, 5.41) is 12.5. The van der Waals surface area contributed by atoms with Crippen molar-refractivity contribution in [3.63, 3.8) is 0 Å². The number of likely N-dealkylation sites (tertiary alicyclic amines) is 1. The number of aliphatic hydroxyl groups is 1. The van der Waals surface area contributed by atoms with Crippen LogP contribution in [0.3, 0.4) is 0 Å². The van der Waals surface area contributed by atoms with Crippen molar-refractivity contribution in [1.82, 2.24) is 4.90 Å². The van der Waals surface area contributed by atoms with E-state index in [2.05, 4.69) is 21.2 Å². The van der Waals surface area contributed by atoms with Crippen molar-refractivity contribution in [3.05, 3.63) is 16.6 Å². The summed E-state index contributed by atoms with van der Waals surface area (Å²) in [4.78, 5) is 13.8. The molecule has 1 unspecified atom stereocenters. The van der Waals surface area contributed by atoms with Gasteiger partial charge in [-0.1, -0.05) is 0 Å². The molecular weight excluding hydrogens is 340 g/mol. The molecule has 1 aliphatic rings. The average molecular weight is 359 g/mol. The summed E-state index contributed by atoms with van der Waals surface area (Å²) in [6.07, 6.45) is 1.10. The first-order valence-electron chi connectivity index (χ1n) is 6.70. The third kappa shape index (κ3) is 3.79. The second kappa shape index (κ2) is 7.00. The number of anilines is 1. The molecule has 6 nitrogen and oxygen atoms in total. The number of piperidine rings is 1. The van der Waals surface area contributed by atoms with Gasteiger partial charge < -0.3 is 24.8 Å². The van der Waals surface area contributed by atoms with Gasteiger partial charge >= 0.3 is 6.03 Å². The smallest absolute Gasteiger partial charge is 0.321 e. The highest BCUT2D eigenvalue weighted by Crippen LogP contribution is 2.36. The van der Waals surface area contributed by atoms with Crippen molar-refractivity contribution < 1.29 is 19.4 Å². The molecule has 1 aromatic carbocycles. The Morgan fingerprint density at radius 2 is 2.05 bits per heavy atom. The van der Waals surface area contributed by atoms with Gasteiger partial charge in [-0.25, -0.2) is 4.79 Å². The zero-order valence-corrected chi connectivity index (χ0v) is 13.6. The van der Waals surface area contributed by atoms with Crippen LogP contribution in [0.15, 0.2) is 16.6 Å². The van der Waals surface area contributed by atoms with Gasteiger partial charge in [0, 0.05) is 29.7 Å². The number of amides is 2. The molecule has 0 saturated carbocycles. The van der Waals surface area contributed by atoms with Gasteiger partial charge in [0.25, 0.3) is 0 Å². The van der Waals surface area contributed by atoms with Gasteiger partial charge in [-0.3, -0.25) is 0 Å². The van der Waals surface area contributed by atoms with Crippen molar-refractivity contribution >= 4 is 27.6 Å². The van der Waals surface area contributed by atoms with Crippen LogP contribution in [-0.4, -0.2) is 49.5 Å². The Labute approximate surface area is 132 Å². The van der Waals surface area contributed by atoms with Crippen LogP contribution in [-0.2, 0) is 0 Å². The summed E-state index contributed by atoms with van der Waals surface area (Å²) in [5.74, 6) is 1.12. The Morgan fingerprint density at radius 1 is 1.38 bits per heavy atom. The first-order chi connectivity index (χ1) is 10.0. The molecule has 21 heavy (non-hydrogen) atoms. The summed E-state index contributed by atoms with van der Waals surface area (Å²) in [6.45, 7) is 1.00. The standard InChI is InChI=1S/C14H19BrN2O4/c1-20-12-6-10(15)11(7-13(12)21-2)16-14(19)17-5-3-4-9(18)8-17/h6-7,9,18H,3-5,8H2,1-2H3,(H,16,19). The first kappa shape index (κ1) is 15.9. The van der Waals surface area contributed by atoms with Gasteiger partial charge in [0.15, 0.2) is 11.5 Å². The maximum absolute atomic E-state index is 12.2. The summed E-state index contributed by atoms with van der Waals surface area (Å²) in [7, 11) is 3.09. The highest BCUT2D eigenvalue weighted by Gasteiger charge is 2.23. The van der Waals surface area contributed by atoms with Gasteiger partial charge in [0.1, 0.15) is 0 Å². The van der Waals surface area contributed by atoms with Crippen molar-refractivity contribution in [2.24, 2.45) is 0 Å². The van der Waals surface area contributed by atoms with Gasteiger partial charge in [-0.2, -0.15) is 0 Å². The normalized spacial score (nSPS) is 18.3. The van der Waals surface area contributed by atoms with Gasteiger partial charge in [-0.05, 0) is 28.8 Å². The van der Waals surface area contributed by atoms with Crippen molar-refractivity contribution in [2.45, 2.75) is 18.9 Å². The topological polar surface area (TPSA) is 71.0 Å². The number of nitrogens with one attached hydrogen (secondary N) is 1. The number of halogens is 1. The number of methoxy groups -OCH3 is 2. The number of ether oxygens (including phenoxy) is 2. The van der Waals surface area contributed by atoms with Crippen LogP contribution in [0.25, 0.3) is 0 Å². The molecule has 1 heterocycles. The molecule has 0 spiro atoms. The molecule has 2 rings (SSSR count). The van der Waals surface area contributed by atoms with E-state index >= 15 is 0 Å². The summed E-state index contributed by atoms with van der Waals surface area (Å²) in [5.41, 5.74) is 0.595. The van der Waals surface area contributed by atoms with E-state index in [0.29, 0.717) is 34.7 Å². The predicted molar refractivity (Wildman–Crippen MR) is 83.1 cm³/mol. The number of hydrogen-bond acceptors (Lipinski definition) is 4. The van der Waals surface area contributed by atoms with Gasteiger partial charge in [0.2, 0.25) is 0 Å². The molecule has 0 radical (unpaired) electrons. The summed E-state index contributed by atoms with van der Waals surface area (Å²) in [6, 6.07) is 3.20. The first-order valence-corrected chi connectivity index (χ1v) is 7.50. The van der Waals surface area contributed by atoms with Crippen molar-refractivity contribution in [2.75, 3.05) is 32.6 Å². The number of urea groups is 1. The van der Waals surface area contributed by atoms with E-state index in [1.54, 1.807) is 31.3 Å². The lowest BCUT2D eigenvalue weighted by molar-refractivity contribution is 0.0883. The molecule has 2 N–H and O–H groups in total. The van der Waals surface area contributed by atoms with Gasteiger partial charge in [-0.15, -0.1) is 0 Å². The number of rotatable bonds is 3. The van der Waals surface area contributed by atoms with Crippen LogP contribution >= 0.6 is 15.9 Å². The number of carbonyl (C=O) groups is 1. The maximum Gasteiger partial charge on any atom is 0.321 e. The fourth-order valence-corrected chi connectivity index (χ4v) is 2.70. The number of benzene rings is 1. The minimum absolute atomic E-state index is 0.235. The van der Waals surface area contributed by atoms with E-state index < -0.39 is 6.10 Å². The van der Waals surface area contributed by atoms with Gasteiger partial charge in [0.05, 0.1) is 26.0 Å². The van der Waals surface area contributed by atoms with Crippen LogP contribution < -0.4 is 14.8 Å². The lowest BCUT2D eigenvalue weighted by atomic mass is 10.1. The molecule has 2 amide bonds. The Bertz CT molecular complexity index is 524. The fourth-order valence-electron chi connectivity index (χ4n) is 2.28. The molecule has 1 saturated heterocycles. The van der Waals surface area contributed by atoms with Crippen molar-refractivity contribution in [3.8, 4) is 11.5 Å². The molecule has 1 fully saturated rings. The number of hydrogen-bond donors (Lipinski definition) is 2. The number of carbonyl (C=O) groups excluding carboxylic acids is 1. The van der Waals surface area contributed by atoms with Crippen LogP contribution in [0, 0.1) is 0 Å². The third-order valence-electron chi connectivity index (χ3n) is 3.40. The Hall–Kier alpha value is -1.47. The molecule has 0 aliphatic carbocycles. The van der Waals surface area contributed by atoms with Crippen molar-refractivity contribution in [1.29, 1.82) is 0 Å². The molecule has 116 valence electrons. The second-order valence-corrected chi connectivity index (χ2v) is 5.71. The van der Waals surface area contributed by atoms with Crippen LogP contribution in [0.5, 0.6) is 11.5 Å². The highest BCUT2D eigenvalue weighted by atomic mass is 79.9. The molecule has 1 aromatic rings. The fraction of sp³-hybridized carbons (Fsp3) is 0.500. The van der Waals surface area contributed by atoms with E-state index in [9.17, 15) is 9.90 Å². The second-order valence-electron chi connectivity index (χ2n) is 4.86. The van der Waals surface area contributed by atoms with Crippen LogP contribution in [0.2, 0.25) is 0 Å². The lowest BCUT2D eigenvalue weighted by Gasteiger charge is -2.30. The molecule has 7 heteroatoms. The van der Waals surface area contributed by atoms with E-state index in [1.807, 2.05) is 0 Å². The predicted octanol–water partition coefficient (Wildman–Crippen LogP) is 2.45. The molecule has 0 aromatic heterocycles. The number of aliphatic hydroxyl groups excluding tert-OH is 1. The average Bonchev–Trinajstić information content (AvgIpc) is 2.48. The zero-order chi connectivity index (χ0) is 15.4. The molecule has 1 aliphatic heterocycles. The Kier molecular flexibility index (Phi) is 5.30. The minimum atomic E-state index is -0.446. The zero-order valence-electron chi connectivity index (χ0n) is 12.1. The van der Waals surface area contributed by atoms with E-state index in [-0.39, 0.29) is 6.03 Å². The quantitative estimate of drug-likeness (QED) is 0.870. The minimum Gasteiger partial charge on any atom is -0.493 e. The van der Waals surface area contributed by atoms with Crippen LogP contribution in [0.4, 0.5) is 10.5 Å². The Balaban J connectivity index is 2.13. The largest absolute Gasteiger partial charge is 0.493 e. The van der Waals surface area contributed by atoms with E-state index in [4.69, 9.17) is 9.47 Å². The summed E-state index contributed by atoms with van der Waals surface area (Å²) < 4.78 is 11.1. The van der Waals surface area contributed by atoms with E-state index in [1.165, 1.54) is 0 Å². The lowest BCUT2D eigenvalue weighted by Crippen LogP contribution is -2.44. The third-order valence-corrected chi connectivity index (χ3v) is 4.05. The summed E-state index contributed by atoms with van der Waals surface area (Å²) >= 11 is 3.40.